The number of hydrogen-bond donors (Lipinski definition) is 0. The molecule has 0 radical (unpaired) electrons. The van der Waals surface area contributed by atoms with E-state index in [9.17, 15) is 13.2 Å². The topological polar surface area (TPSA) is 82.0 Å². The van der Waals surface area contributed by atoms with Crippen molar-refractivity contribution in [3.63, 3.8) is 0 Å². The van der Waals surface area contributed by atoms with Crippen LogP contribution in [0.5, 0.6) is 5.75 Å². The molecule has 0 amide bonds. The Labute approximate surface area is 180 Å². The lowest BCUT2D eigenvalue weighted by Crippen LogP contribution is -2.10. The molecule has 0 spiro atoms. The van der Waals surface area contributed by atoms with Crippen molar-refractivity contribution in [1.29, 1.82) is 0 Å². The Bertz CT molecular complexity index is 1310. The highest BCUT2D eigenvalue weighted by Crippen LogP contribution is 2.28. The van der Waals surface area contributed by atoms with Crippen molar-refractivity contribution >= 4 is 28.1 Å². The highest BCUT2D eigenvalue weighted by molar-refractivity contribution is 7.87. The van der Waals surface area contributed by atoms with Gasteiger partial charge in [0.15, 0.2) is 5.70 Å². The minimum atomic E-state index is -4.03. The largest absolute Gasteiger partial charge is 0.402 e. The first-order chi connectivity index (χ1) is 14.8. The first kappa shape index (κ1) is 20.6. The summed E-state index contributed by atoms with van der Waals surface area (Å²) in [4.78, 5) is 16.7. The van der Waals surface area contributed by atoms with Gasteiger partial charge in [-0.1, -0.05) is 47.5 Å². The molecule has 6 nitrogen and oxygen atoms in total. The summed E-state index contributed by atoms with van der Waals surface area (Å²) in [6.07, 6.45) is 1.46. The standard InChI is InChI=1S/C24H19NO5S/c1-16-8-11-18(12-9-16)23-25-21(24(26)29-23)15-19-14-17(2)10-13-22(19)30-31(27,28)20-6-4-3-5-7-20/h3-15H,1-2H3/b21-15+. The van der Waals surface area contributed by atoms with Crippen molar-refractivity contribution in [3.8, 4) is 5.75 Å². The maximum absolute atomic E-state index is 12.6. The SMILES string of the molecule is Cc1ccc(C2=N/C(=C/c3cc(C)ccc3OS(=O)(=O)c3ccccc3)C(=O)O2)cc1. The van der Waals surface area contributed by atoms with Gasteiger partial charge in [-0.3, -0.25) is 0 Å². The van der Waals surface area contributed by atoms with Crippen molar-refractivity contribution < 1.29 is 22.1 Å². The van der Waals surface area contributed by atoms with Crippen molar-refractivity contribution in [3.05, 3.63) is 101 Å². The predicted molar refractivity (Wildman–Crippen MR) is 117 cm³/mol. The van der Waals surface area contributed by atoms with Gasteiger partial charge in [0.1, 0.15) is 10.6 Å². The van der Waals surface area contributed by atoms with Crippen LogP contribution in [-0.2, 0) is 19.6 Å². The van der Waals surface area contributed by atoms with Crippen LogP contribution in [0.1, 0.15) is 22.3 Å². The molecule has 0 atom stereocenters. The molecule has 0 N–H and O–H groups in total. The van der Waals surface area contributed by atoms with Crippen molar-refractivity contribution in [2.45, 2.75) is 18.7 Å². The van der Waals surface area contributed by atoms with Crippen molar-refractivity contribution in [2.75, 3.05) is 0 Å². The quantitative estimate of drug-likeness (QED) is 0.338. The van der Waals surface area contributed by atoms with E-state index in [1.54, 1.807) is 36.4 Å². The van der Waals surface area contributed by atoms with Crippen molar-refractivity contribution in [1.82, 2.24) is 0 Å². The van der Waals surface area contributed by atoms with E-state index in [2.05, 4.69) is 4.99 Å². The van der Waals surface area contributed by atoms with Gasteiger partial charge in [0.2, 0.25) is 5.90 Å². The normalized spacial score (nSPS) is 15.0. The molecule has 3 aromatic carbocycles. The molecule has 0 aromatic heterocycles. The number of esters is 1. The molecule has 1 aliphatic rings. The van der Waals surface area contributed by atoms with Crippen LogP contribution in [0.3, 0.4) is 0 Å². The molecular formula is C24H19NO5S. The van der Waals surface area contributed by atoms with Crippen molar-refractivity contribution in [2.24, 2.45) is 4.99 Å². The summed E-state index contributed by atoms with van der Waals surface area (Å²) in [6, 6.07) is 20.3. The third-order valence-corrected chi connectivity index (χ3v) is 5.86. The molecule has 0 saturated heterocycles. The number of benzene rings is 3. The molecule has 7 heteroatoms. The van der Waals surface area contributed by atoms with Crippen LogP contribution in [0.15, 0.2) is 88.4 Å². The summed E-state index contributed by atoms with van der Waals surface area (Å²) in [7, 11) is -4.03. The molecule has 0 fully saturated rings. The van der Waals surface area contributed by atoms with Crippen LogP contribution in [0, 0.1) is 13.8 Å². The smallest absolute Gasteiger partial charge is 0.363 e. The Morgan fingerprint density at radius 2 is 1.58 bits per heavy atom. The number of aryl methyl sites for hydroxylation is 2. The fourth-order valence-electron chi connectivity index (χ4n) is 2.99. The lowest BCUT2D eigenvalue weighted by molar-refractivity contribution is -0.129. The number of nitrogens with zero attached hydrogens (tertiary/aromatic N) is 1. The van der Waals surface area contributed by atoms with Crippen LogP contribution in [0.2, 0.25) is 0 Å². The highest BCUT2D eigenvalue weighted by Gasteiger charge is 2.25. The molecular weight excluding hydrogens is 414 g/mol. The molecule has 3 aromatic rings. The summed E-state index contributed by atoms with van der Waals surface area (Å²) in [6.45, 7) is 3.81. The van der Waals surface area contributed by atoms with E-state index in [0.717, 1.165) is 11.1 Å². The van der Waals surface area contributed by atoms with Gasteiger partial charge in [-0.15, -0.1) is 0 Å². The lowest BCUT2D eigenvalue weighted by Gasteiger charge is -2.10. The maximum Gasteiger partial charge on any atom is 0.363 e. The number of cyclic esters (lactones) is 1. The minimum Gasteiger partial charge on any atom is -0.402 e. The van der Waals surface area contributed by atoms with Crippen LogP contribution >= 0.6 is 0 Å². The second kappa shape index (κ2) is 8.20. The number of carbonyl (C=O) groups excluding carboxylic acids is 1. The van der Waals surface area contributed by atoms with Gasteiger partial charge in [0.25, 0.3) is 0 Å². The Morgan fingerprint density at radius 3 is 2.29 bits per heavy atom. The zero-order chi connectivity index (χ0) is 22.0. The van der Waals surface area contributed by atoms with E-state index in [-0.39, 0.29) is 22.2 Å². The molecule has 0 saturated carbocycles. The lowest BCUT2D eigenvalue weighted by atomic mass is 10.1. The maximum atomic E-state index is 12.6. The second-order valence-corrected chi connectivity index (χ2v) is 8.64. The Morgan fingerprint density at radius 1 is 0.903 bits per heavy atom. The molecule has 4 rings (SSSR count). The molecule has 0 unspecified atom stereocenters. The average molecular weight is 433 g/mol. The molecule has 1 heterocycles. The fraction of sp³-hybridized carbons (Fsp3) is 0.0833. The number of rotatable bonds is 5. The molecule has 0 bridgehead atoms. The summed E-state index contributed by atoms with van der Waals surface area (Å²) >= 11 is 0. The predicted octanol–water partition coefficient (Wildman–Crippen LogP) is 4.42. The van der Waals surface area contributed by atoms with E-state index >= 15 is 0 Å². The first-order valence-electron chi connectivity index (χ1n) is 9.52. The zero-order valence-corrected chi connectivity index (χ0v) is 17.7. The molecule has 0 aliphatic carbocycles. The van der Waals surface area contributed by atoms with E-state index < -0.39 is 16.1 Å². The summed E-state index contributed by atoms with van der Waals surface area (Å²) in [5.41, 5.74) is 3.08. The van der Waals surface area contributed by atoms with Crippen LogP contribution in [0.25, 0.3) is 6.08 Å². The van der Waals surface area contributed by atoms with Crippen LogP contribution in [-0.4, -0.2) is 20.3 Å². The Hall–Kier alpha value is -3.71. The molecule has 1 aliphatic heterocycles. The monoisotopic (exact) mass is 433 g/mol. The Balaban J connectivity index is 1.70. The molecule has 156 valence electrons. The summed E-state index contributed by atoms with van der Waals surface area (Å²) < 4.78 is 36.0. The zero-order valence-electron chi connectivity index (χ0n) is 16.9. The van der Waals surface area contributed by atoms with Crippen LogP contribution in [0.4, 0.5) is 0 Å². The van der Waals surface area contributed by atoms with Gasteiger partial charge in [-0.05, 0) is 56.3 Å². The van der Waals surface area contributed by atoms with E-state index in [1.807, 2.05) is 38.1 Å². The molecule has 31 heavy (non-hydrogen) atoms. The van der Waals surface area contributed by atoms with Crippen LogP contribution < -0.4 is 4.18 Å². The van der Waals surface area contributed by atoms with Gasteiger partial charge in [-0.25, -0.2) is 9.79 Å². The number of aliphatic imine (C=N–C) groups is 1. The highest BCUT2D eigenvalue weighted by atomic mass is 32.2. The van der Waals surface area contributed by atoms with Gasteiger partial charge in [0, 0.05) is 11.1 Å². The second-order valence-electron chi connectivity index (χ2n) is 7.09. The van der Waals surface area contributed by atoms with Gasteiger partial charge < -0.3 is 8.92 Å². The third-order valence-electron chi connectivity index (χ3n) is 4.61. The summed E-state index contributed by atoms with van der Waals surface area (Å²) in [5, 5.41) is 0. The van der Waals surface area contributed by atoms with E-state index in [1.165, 1.54) is 18.2 Å². The number of hydrogen-bond acceptors (Lipinski definition) is 6. The minimum absolute atomic E-state index is 0.0362. The first-order valence-corrected chi connectivity index (χ1v) is 10.9. The fourth-order valence-corrected chi connectivity index (χ4v) is 3.96. The summed E-state index contributed by atoms with van der Waals surface area (Å²) in [5.74, 6) is -0.328. The Kier molecular flexibility index (Phi) is 5.44. The average Bonchev–Trinajstić information content (AvgIpc) is 3.11. The number of ether oxygens (including phenoxy) is 1. The van der Waals surface area contributed by atoms with Gasteiger partial charge in [-0.2, -0.15) is 8.42 Å². The van der Waals surface area contributed by atoms with E-state index in [0.29, 0.717) is 11.1 Å². The van der Waals surface area contributed by atoms with E-state index in [4.69, 9.17) is 8.92 Å². The van der Waals surface area contributed by atoms with Gasteiger partial charge >= 0.3 is 16.1 Å². The van der Waals surface area contributed by atoms with Gasteiger partial charge in [0.05, 0.1) is 0 Å². The third kappa shape index (κ3) is 4.57. The number of carbonyl (C=O) groups is 1.